The number of carbonyl (C=O) groups excluding carboxylic acids is 1. The zero-order valence-corrected chi connectivity index (χ0v) is 18.5. The second-order valence-electron chi connectivity index (χ2n) is 9.62. The van der Waals surface area contributed by atoms with Crippen molar-refractivity contribution in [1.29, 1.82) is 0 Å². The maximum absolute atomic E-state index is 13.3. The molecule has 1 amide bonds. The largest absolute Gasteiger partial charge is 0.481 e. The van der Waals surface area contributed by atoms with Crippen molar-refractivity contribution in [3.63, 3.8) is 0 Å². The van der Waals surface area contributed by atoms with Crippen molar-refractivity contribution >= 4 is 33.5 Å². The Hall–Kier alpha value is -1.61. The van der Waals surface area contributed by atoms with Crippen LogP contribution in [0.15, 0.2) is 28.7 Å². The smallest absolute Gasteiger partial charge is 0.417 e. The van der Waals surface area contributed by atoms with Crippen molar-refractivity contribution in [2.24, 2.45) is 16.7 Å². The van der Waals surface area contributed by atoms with Gasteiger partial charge in [0.15, 0.2) is 5.60 Å². The van der Waals surface area contributed by atoms with Crippen LogP contribution in [0.3, 0.4) is 0 Å². The first-order valence-electron chi connectivity index (χ1n) is 10.5. The van der Waals surface area contributed by atoms with Gasteiger partial charge in [-0.1, -0.05) is 22.0 Å². The standard InChI is InChI=1S/C22H25BrF3NO4/c23-15-2-1-3-16(10-15)27(17(28)14-11-21(31,12-14)22(24,25)26)13-19-4-7-20(8-5-19,9-6-19)18(29)30/h1-3,10,14,31H,4-9,11-13H2,(H,29,30). The quantitative estimate of drug-likeness (QED) is 0.598. The third-order valence-corrected chi connectivity index (χ3v) is 8.27. The Morgan fingerprint density at radius 2 is 1.68 bits per heavy atom. The molecule has 0 spiro atoms. The Labute approximate surface area is 186 Å². The summed E-state index contributed by atoms with van der Waals surface area (Å²) in [7, 11) is 0. The molecule has 5 rings (SSSR count). The first-order valence-corrected chi connectivity index (χ1v) is 11.3. The molecule has 0 aromatic heterocycles. The molecule has 4 aliphatic rings. The minimum absolute atomic E-state index is 0.237. The average molecular weight is 504 g/mol. The highest BCUT2D eigenvalue weighted by molar-refractivity contribution is 9.10. The molecule has 0 unspecified atom stereocenters. The number of amides is 1. The number of aliphatic hydroxyl groups is 1. The molecule has 9 heteroatoms. The van der Waals surface area contributed by atoms with Gasteiger partial charge in [0, 0.05) is 22.6 Å². The summed E-state index contributed by atoms with van der Waals surface area (Å²) < 4.78 is 39.9. The SMILES string of the molecule is O=C(C1CC(O)(C(F)(F)F)C1)N(CC12CCC(C(=O)O)(CC1)CC2)c1cccc(Br)c1. The predicted molar refractivity (Wildman–Crippen MR) is 110 cm³/mol. The van der Waals surface area contributed by atoms with E-state index in [1.165, 1.54) is 0 Å². The summed E-state index contributed by atoms with van der Waals surface area (Å²) in [6, 6.07) is 7.08. The molecule has 1 aromatic carbocycles. The Balaban J connectivity index is 1.56. The Morgan fingerprint density at radius 3 is 2.16 bits per heavy atom. The first-order chi connectivity index (χ1) is 14.4. The highest BCUT2D eigenvalue weighted by Gasteiger charge is 2.63. The predicted octanol–water partition coefficient (Wildman–Crippen LogP) is 4.91. The van der Waals surface area contributed by atoms with E-state index in [0.717, 1.165) is 4.47 Å². The second kappa shape index (κ2) is 7.47. The first kappa shape index (κ1) is 22.6. The van der Waals surface area contributed by atoms with Gasteiger partial charge < -0.3 is 15.1 Å². The van der Waals surface area contributed by atoms with Crippen LogP contribution in [0, 0.1) is 16.7 Å². The number of rotatable bonds is 5. The number of aliphatic carboxylic acids is 1. The van der Waals surface area contributed by atoms with E-state index in [2.05, 4.69) is 15.9 Å². The summed E-state index contributed by atoms with van der Waals surface area (Å²) in [5.74, 6) is -2.07. The maximum Gasteiger partial charge on any atom is 0.417 e. The lowest BCUT2D eigenvalue weighted by molar-refractivity contribution is -0.295. The van der Waals surface area contributed by atoms with Crippen molar-refractivity contribution in [1.82, 2.24) is 0 Å². The van der Waals surface area contributed by atoms with Crippen LogP contribution >= 0.6 is 15.9 Å². The van der Waals surface area contributed by atoms with Crippen molar-refractivity contribution in [3.05, 3.63) is 28.7 Å². The molecule has 4 aliphatic carbocycles. The minimum Gasteiger partial charge on any atom is -0.481 e. The van der Waals surface area contributed by atoms with Crippen molar-refractivity contribution in [2.75, 3.05) is 11.4 Å². The van der Waals surface area contributed by atoms with E-state index < -0.39 is 47.8 Å². The molecule has 5 nitrogen and oxygen atoms in total. The minimum atomic E-state index is -4.75. The van der Waals surface area contributed by atoms with Crippen LogP contribution < -0.4 is 4.90 Å². The van der Waals surface area contributed by atoms with Gasteiger partial charge in [0.05, 0.1) is 5.41 Å². The fraction of sp³-hybridized carbons (Fsp3) is 0.636. The van der Waals surface area contributed by atoms with Gasteiger partial charge in [-0.2, -0.15) is 13.2 Å². The average Bonchev–Trinajstić information content (AvgIpc) is 2.69. The normalized spacial score (nSPS) is 34.8. The van der Waals surface area contributed by atoms with E-state index in [0.29, 0.717) is 50.8 Å². The molecule has 0 atom stereocenters. The van der Waals surface area contributed by atoms with E-state index >= 15 is 0 Å². The molecule has 1 aromatic rings. The molecule has 31 heavy (non-hydrogen) atoms. The van der Waals surface area contributed by atoms with Gasteiger partial charge in [0.2, 0.25) is 5.91 Å². The Morgan fingerprint density at radius 1 is 1.10 bits per heavy atom. The number of fused-ring (bicyclic) bond motifs is 3. The highest BCUT2D eigenvalue weighted by Crippen LogP contribution is 2.58. The van der Waals surface area contributed by atoms with E-state index in [9.17, 15) is 33.0 Å². The number of carboxylic acid groups (broad SMARTS) is 1. The molecule has 0 heterocycles. The summed E-state index contributed by atoms with van der Waals surface area (Å²) in [6.45, 7) is 0.346. The lowest BCUT2D eigenvalue weighted by Crippen LogP contribution is -2.60. The molecule has 4 saturated carbocycles. The number of carboxylic acids is 1. The van der Waals surface area contributed by atoms with Gasteiger partial charge >= 0.3 is 12.1 Å². The van der Waals surface area contributed by atoms with Crippen LogP contribution in [0.2, 0.25) is 0 Å². The Kier molecular flexibility index (Phi) is 5.44. The summed E-state index contributed by atoms with van der Waals surface area (Å²) in [4.78, 5) is 26.6. The lowest BCUT2D eigenvalue weighted by atomic mass is 9.53. The van der Waals surface area contributed by atoms with Crippen molar-refractivity contribution in [3.8, 4) is 0 Å². The Bertz CT molecular complexity index is 872. The van der Waals surface area contributed by atoms with Crippen LogP contribution in [0.4, 0.5) is 18.9 Å². The zero-order valence-electron chi connectivity index (χ0n) is 16.9. The topological polar surface area (TPSA) is 77.8 Å². The molecule has 170 valence electrons. The molecule has 0 saturated heterocycles. The fourth-order valence-electron chi connectivity index (χ4n) is 5.48. The summed E-state index contributed by atoms with van der Waals surface area (Å²) >= 11 is 3.39. The van der Waals surface area contributed by atoms with E-state index in [-0.39, 0.29) is 5.41 Å². The molecular weight excluding hydrogens is 479 g/mol. The molecular formula is C22H25BrF3NO4. The number of halogens is 4. The van der Waals surface area contributed by atoms with Gasteiger partial charge in [-0.05, 0) is 75.0 Å². The highest BCUT2D eigenvalue weighted by atomic mass is 79.9. The molecule has 0 radical (unpaired) electrons. The molecule has 4 fully saturated rings. The second-order valence-corrected chi connectivity index (χ2v) is 10.5. The maximum atomic E-state index is 13.3. The van der Waals surface area contributed by atoms with Gasteiger partial charge in [-0.3, -0.25) is 9.59 Å². The van der Waals surface area contributed by atoms with Crippen LogP contribution in [0.5, 0.6) is 0 Å². The third kappa shape index (κ3) is 3.88. The monoisotopic (exact) mass is 503 g/mol. The van der Waals surface area contributed by atoms with Gasteiger partial charge in [0.25, 0.3) is 0 Å². The van der Waals surface area contributed by atoms with E-state index in [1.54, 1.807) is 29.2 Å². The summed E-state index contributed by atoms with van der Waals surface area (Å²) in [5.41, 5.74) is -3.12. The third-order valence-electron chi connectivity index (χ3n) is 7.78. The number of benzene rings is 1. The van der Waals surface area contributed by atoms with Crippen LogP contribution in [-0.2, 0) is 9.59 Å². The summed E-state index contributed by atoms with van der Waals surface area (Å²) in [5, 5.41) is 19.4. The van der Waals surface area contributed by atoms with Crippen molar-refractivity contribution in [2.45, 2.75) is 63.1 Å². The summed E-state index contributed by atoms with van der Waals surface area (Å²) in [6.07, 6.45) is -2.32. The fourth-order valence-corrected chi connectivity index (χ4v) is 5.87. The van der Waals surface area contributed by atoms with E-state index in [4.69, 9.17) is 0 Å². The molecule has 2 bridgehead atoms. The number of alkyl halides is 3. The molecule has 0 aliphatic heterocycles. The number of hydrogen-bond acceptors (Lipinski definition) is 3. The number of carbonyl (C=O) groups is 2. The van der Waals surface area contributed by atoms with Gasteiger partial charge in [0.1, 0.15) is 0 Å². The zero-order chi connectivity index (χ0) is 22.7. The number of nitrogens with zero attached hydrogens (tertiary/aromatic N) is 1. The number of anilines is 1. The van der Waals surface area contributed by atoms with Gasteiger partial charge in [-0.15, -0.1) is 0 Å². The van der Waals surface area contributed by atoms with Crippen LogP contribution in [-0.4, -0.2) is 40.4 Å². The van der Waals surface area contributed by atoms with Crippen molar-refractivity contribution < 1.29 is 33.0 Å². The van der Waals surface area contributed by atoms with Crippen LogP contribution in [0.25, 0.3) is 0 Å². The van der Waals surface area contributed by atoms with Gasteiger partial charge in [-0.25, -0.2) is 0 Å². The van der Waals surface area contributed by atoms with Crippen LogP contribution in [0.1, 0.15) is 51.4 Å². The number of hydrogen-bond donors (Lipinski definition) is 2. The lowest BCUT2D eigenvalue weighted by Gasteiger charge is -2.53. The molecule has 2 N–H and O–H groups in total. The van der Waals surface area contributed by atoms with E-state index in [1.807, 2.05) is 0 Å².